The van der Waals surface area contributed by atoms with Gasteiger partial charge in [0.1, 0.15) is 11.2 Å². The van der Waals surface area contributed by atoms with Crippen molar-refractivity contribution in [1.29, 1.82) is 0 Å². The van der Waals surface area contributed by atoms with Gasteiger partial charge in [0.05, 0.1) is 5.56 Å². The van der Waals surface area contributed by atoms with Gasteiger partial charge in [-0.3, -0.25) is 4.98 Å². The van der Waals surface area contributed by atoms with E-state index in [1.165, 1.54) is 0 Å². The number of furan rings is 1. The zero-order chi connectivity index (χ0) is 32.6. The maximum Gasteiger partial charge on any atom is 0.167 e. The Morgan fingerprint density at radius 2 is 0.837 bits per heavy atom. The molecule has 0 saturated carbocycles. The Labute approximate surface area is 283 Å². The van der Waals surface area contributed by atoms with Gasteiger partial charge in [-0.15, -0.1) is 0 Å². The average Bonchev–Trinajstić information content (AvgIpc) is 3.58. The van der Waals surface area contributed by atoms with Crippen molar-refractivity contribution in [3.8, 4) is 67.5 Å². The van der Waals surface area contributed by atoms with E-state index in [0.717, 1.165) is 72.0 Å². The Morgan fingerprint density at radius 1 is 0.347 bits per heavy atom. The molecule has 0 atom stereocenters. The predicted molar refractivity (Wildman–Crippen MR) is 198 cm³/mol. The monoisotopic (exact) mass is 628 g/mol. The third-order valence-electron chi connectivity index (χ3n) is 8.84. The molecular formula is C44H28N4O. The summed E-state index contributed by atoms with van der Waals surface area (Å²) in [6, 6.07) is 53.7. The van der Waals surface area contributed by atoms with Crippen molar-refractivity contribution in [1.82, 2.24) is 19.9 Å². The summed E-state index contributed by atoms with van der Waals surface area (Å²) in [6.45, 7) is 0. The maximum absolute atomic E-state index is 7.05. The lowest BCUT2D eigenvalue weighted by atomic mass is 9.93. The van der Waals surface area contributed by atoms with E-state index in [1.54, 1.807) is 0 Å². The second kappa shape index (κ2) is 12.1. The van der Waals surface area contributed by atoms with Crippen LogP contribution in [0.3, 0.4) is 0 Å². The molecule has 5 heteroatoms. The maximum atomic E-state index is 7.05. The number of aromatic nitrogens is 4. The Bertz CT molecular complexity index is 2510. The van der Waals surface area contributed by atoms with E-state index in [9.17, 15) is 0 Å². The number of pyridine rings is 1. The van der Waals surface area contributed by atoms with Crippen molar-refractivity contribution >= 4 is 21.9 Å². The molecule has 3 aromatic heterocycles. The first-order valence-electron chi connectivity index (χ1n) is 16.2. The molecule has 5 nitrogen and oxygen atoms in total. The minimum Gasteiger partial charge on any atom is -0.455 e. The van der Waals surface area contributed by atoms with Gasteiger partial charge in [0, 0.05) is 39.9 Å². The lowest BCUT2D eigenvalue weighted by Crippen LogP contribution is -2.00. The molecule has 0 unspecified atom stereocenters. The van der Waals surface area contributed by atoms with Crippen LogP contribution in [0.2, 0.25) is 0 Å². The minimum absolute atomic E-state index is 0.544. The van der Waals surface area contributed by atoms with Gasteiger partial charge in [-0.05, 0) is 58.1 Å². The standard InChI is InChI=1S/C44H28N4O/c1-5-13-29(14-6-1)34-27-37(30-15-7-2-8-16-30)40-38(28-34)39-35(31-23-25-45-26-24-31)21-22-36(41(39)49-40)44-47-42(32-17-9-3-10-18-32)46-43(48-44)33-19-11-4-12-20-33/h1-28H. The van der Waals surface area contributed by atoms with E-state index in [2.05, 4.69) is 77.8 Å². The Balaban J connectivity index is 1.39. The number of benzene rings is 6. The van der Waals surface area contributed by atoms with Crippen LogP contribution in [0, 0.1) is 0 Å². The van der Waals surface area contributed by atoms with Gasteiger partial charge in [0.15, 0.2) is 17.5 Å². The molecule has 0 fully saturated rings. The van der Waals surface area contributed by atoms with Crippen LogP contribution in [0.15, 0.2) is 175 Å². The van der Waals surface area contributed by atoms with Crippen molar-refractivity contribution in [2.75, 3.05) is 0 Å². The van der Waals surface area contributed by atoms with Crippen LogP contribution in [0.4, 0.5) is 0 Å². The summed E-state index contributed by atoms with van der Waals surface area (Å²) < 4.78 is 7.05. The van der Waals surface area contributed by atoms with Crippen molar-refractivity contribution in [3.63, 3.8) is 0 Å². The average molecular weight is 629 g/mol. The second-order valence-electron chi connectivity index (χ2n) is 11.9. The summed E-state index contributed by atoms with van der Waals surface area (Å²) in [5.41, 5.74) is 10.6. The first-order valence-corrected chi connectivity index (χ1v) is 16.2. The third-order valence-corrected chi connectivity index (χ3v) is 8.84. The fourth-order valence-corrected chi connectivity index (χ4v) is 6.49. The van der Waals surface area contributed by atoms with Crippen LogP contribution >= 0.6 is 0 Å². The molecule has 0 aliphatic rings. The first kappa shape index (κ1) is 28.5. The number of rotatable bonds is 6. The molecule has 6 aromatic carbocycles. The van der Waals surface area contributed by atoms with Gasteiger partial charge in [-0.25, -0.2) is 15.0 Å². The second-order valence-corrected chi connectivity index (χ2v) is 11.9. The summed E-state index contributed by atoms with van der Waals surface area (Å²) in [4.78, 5) is 19.4. The first-order chi connectivity index (χ1) is 24.3. The van der Waals surface area contributed by atoms with Gasteiger partial charge in [0.2, 0.25) is 0 Å². The normalized spacial score (nSPS) is 11.3. The Morgan fingerprint density at radius 3 is 1.43 bits per heavy atom. The third kappa shape index (κ3) is 5.24. The molecule has 0 amide bonds. The molecule has 0 radical (unpaired) electrons. The molecule has 230 valence electrons. The predicted octanol–water partition coefficient (Wildman–Crippen LogP) is 11.2. The molecule has 3 heterocycles. The van der Waals surface area contributed by atoms with Crippen LogP contribution in [0.1, 0.15) is 0 Å². The molecular weight excluding hydrogens is 601 g/mol. The van der Waals surface area contributed by atoms with Crippen LogP contribution in [-0.2, 0) is 0 Å². The fraction of sp³-hybridized carbons (Fsp3) is 0. The smallest absolute Gasteiger partial charge is 0.167 e. The summed E-state index contributed by atoms with van der Waals surface area (Å²) in [5, 5.41) is 2.01. The Kier molecular flexibility index (Phi) is 7.06. The summed E-state index contributed by atoms with van der Waals surface area (Å²) >= 11 is 0. The topological polar surface area (TPSA) is 64.7 Å². The largest absolute Gasteiger partial charge is 0.455 e. The van der Waals surface area contributed by atoms with Crippen LogP contribution < -0.4 is 0 Å². The number of fused-ring (bicyclic) bond motifs is 3. The van der Waals surface area contributed by atoms with Gasteiger partial charge in [-0.1, -0.05) is 127 Å². The highest BCUT2D eigenvalue weighted by molar-refractivity contribution is 6.19. The van der Waals surface area contributed by atoms with E-state index in [0.29, 0.717) is 17.5 Å². The quantitative estimate of drug-likeness (QED) is 0.183. The molecule has 9 aromatic rings. The highest BCUT2D eigenvalue weighted by Crippen LogP contribution is 2.45. The number of hydrogen-bond donors (Lipinski definition) is 0. The van der Waals surface area contributed by atoms with Crippen LogP contribution in [-0.4, -0.2) is 19.9 Å². The molecule has 0 aliphatic heterocycles. The molecule has 9 rings (SSSR count). The van der Waals surface area contributed by atoms with E-state index >= 15 is 0 Å². The molecule has 0 saturated heterocycles. The highest BCUT2D eigenvalue weighted by Gasteiger charge is 2.23. The molecule has 0 bridgehead atoms. The van der Waals surface area contributed by atoms with Crippen molar-refractivity contribution in [2.24, 2.45) is 0 Å². The zero-order valence-electron chi connectivity index (χ0n) is 26.4. The lowest BCUT2D eigenvalue weighted by molar-refractivity contribution is 0.670. The van der Waals surface area contributed by atoms with E-state index in [4.69, 9.17) is 19.4 Å². The molecule has 0 N–H and O–H groups in total. The SMILES string of the molecule is c1ccc(-c2cc(-c3ccccc3)c3oc4c(-c5nc(-c6ccccc6)nc(-c6ccccc6)n5)ccc(-c5ccncc5)c4c3c2)cc1. The van der Waals surface area contributed by atoms with Crippen molar-refractivity contribution in [3.05, 3.63) is 170 Å². The molecule has 0 spiro atoms. The fourth-order valence-electron chi connectivity index (χ4n) is 6.49. The zero-order valence-corrected chi connectivity index (χ0v) is 26.4. The Hall–Kier alpha value is -6.72. The van der Waals surface area contributed by atoms with E-state index in [1.807, 2.05) is 97.3 Å². The summed E-state index contributed by atoms with van der Waals surface area (Å²) in [5.74, 6) is 1.74. The molecule has 0 aliphatic carbocycles. The summed E-state index contributed by atoms with van der Waals surface area (Å²) in [7, 11) is 0. The number of hydrogen-bond acceptors (Lipinski definition) is 5. The minimum atomic E-state index is 0.544. The lowest BCUT2D eigenvalue weighted by Gasteiger charge is -2.10. The van der Waals surface area contributed by atoms with Crippen LogP contribution in [0.25, 0.3) is 89.5 Å². The van der Waals surface area contributed by atoms with Gasteiger partial charge < -0.3 is 4.42 Å². The number of nitrogens with zero attached hydrogens (tertiary/aromatic N) is 4. The van der Waals surface area contributed by atoms with E-state index in [-0.39, 0.29) is 0 Å². The van der Waals surface area contributed by atoms with Gasteiger partial charge in [-0.2, -0.15) is 0 Å². The summed E-state index contributed by atoms with van der Waals surface area (Å²) in [6.07, 6.45) is 3.65. The van der Waals surface area contributed by atoms with E-state index < -0.39 is 0 Å². The molecule has 49 heavy (non-hydrogen) atoms. The van der Waals surface area contributed by atoms with Gasteiger partial charge >= 0.3 is 0 Å². The van der Waals surface area contributed by atoms with Crippen molar-refractivity contribution < 1.29 is 4.42 Å². The van der Waals surface area contributed by atoms with Crippen LogP contribution in [0.5, 0.6) is 0 Å². The van der Waals surface area contributed by atoms with Gasteiger partial charge in [0.25, 0.3) is 0 Å². The van der Waals surface area contributed by atoms with Crippen molar-refractivity contribution in [2.45, 2.75) is 0 Å². The highest BCUT2D eigenvalue weighted by atomic mass is 16.3.